The molecule has 0 heterocycles. The lowest BCUT2D eigenvalue weighted by Gasteiger charge is -2.17. The average molecular weight is 278 g/mol. The van der Waals surface area contributed by atoms with E-state index in [2.05, 4.69) is 13.2 Å². The van der Waals surface area contributed by atoms with Crippen molar-refractivity contribution < 1.29 is 23.1 Å². The zero-order valence-corrected chi connectivity index (χ0v) is 12.5. The molecule has 0 aliphatic rings. The van der Waals surface area contributed by atoms with Gasteiger partial charge in [-0.2, -0.15) is 0 Å². The van der Waals surface area contributed by atoms with Gasteiger partial charge in [0.15, 0.2) is 12.6 Å². The minimum absolute atomic E-state index is 0.359. The molecular weight excluding hydrogens is 255 g/mol. The molecule has 0 aromatic rings. The summed E-state index contributed by atoms with van der Waals surface area (Å²) in [7, 11) is -2.64. The maximum absolute atomic E-state index is 11.5. The van der Waals surface area contributed by atoms with E-state index in [1.807, 2.05) is 13.8 Å². The van der Waals surface area contributed by atoms with Crippen molar-refractivity contribution in [2.45, 2.75) is 40.3 Å². The summed E-state index contributed by atoms with van der Waals surface area (Å²) < 4.78 is 32.0. The van der Waals surface area contributed by atoms with E-state index in [0.29, 0.717) is 13.2 Å². The van der Waals surface area contributed by atoms with Crippen LogP contribution in [0.15, 0.2) is 24.3 Å². The third-order valence-electron chi connectivity index (χ3n) is 1.65. The van der Waals surface area contributed by atoms with Crippen LogP contribution in [-0.2, 0) is 23.1 Å². The van der Waals surface area contributed by atoms with Gasteiger partial charge in [-0.25, -0.2) is 0 Å². The second kappa shape index (κ2) is 9.48. The fourth-order valence-corrected chi connectivity index (χ4v) is 1.62. The Hall–Kier alpha value is -0.450. The molecule has 0 rings (SSSR count). The van der Waals surface area contributed by atoms with Crippen LogP contribution < -0.4 is 0 Å². The Morgan fingerprint density at radius 1 is 1.00 bits per heavy atom. The van der Waals surface area contributed by atoms with Crippen molar-refractivity contribution in [1.29, 1.82) is 0 Å². The second-order valence-corrected chi connectivity index (χ2v) is 5.13. The Morgan fingerprint density at radius 2 is 1.33 bits per heavy atom. The van der Waals surface area contributed by atoms with E-state index >= 15 is 0 Å². The van der Waals surface area contributed by atoms with Crippen molar-refractivity contribution in [1.82, 2.24) is 0 Å². The van der Waals surface area contributed by atoms with Gasteiger partial charge in [0.25, 0.3) is 0 Å². The largest absolute Gasteiger partial charge is 0.348 e. The molecule has 0 radical (unpaired) electrons. The summed E-state index contributed by atoms with van der Waals surface area (Å²) in [5.41, 5.74) is 1.73. The highest BCUT2D eigenvalue weighted by atomic mass is 31.1. The molecule has 0 aromatic heterocycles. The van der Waals surface area contributed by atoms with Crippen molar-refractivity contribution in [3.8, 4) is 0 Å². The quantitative estimate of drug-likeness (QED) is 0.349. The summed E-state index contributed by atoms with van der Waals surface area (Å²) in [6, 6.07) is 0. The summed E-state index contributed by atoms with van der Waals surface area (Å²) in [4.78, 5) is 0. The first-order chi connectivity index (χ1) is 8.31. The molecule has 0 aromatic carbocycles. The topological polar surface area (TPSA) is 54.0 Å². The van der Waals surface area contributed by atoms with Crippen LogP contribution in [0.25, 0.3) is 0 Å². The Kier molecular flexibility index (Phi) is 9.24. The second-order valence-electron chi connectivity index (χ2n) is 4.16. The zero-order chi connectivity index (χ0) is 14.1. The van der Waals surface area contributed by atoms with Gasteiger partial charge in [0.2, 0.25) is 0 Å². The molecule has 0 N–H and O–H groups in total. The summed E-state index contributed by atoms with van der Waals surface area (Å²) >= 11 is 0. The molecule has 106 valence electrons. The van der Waals surface area contributed by atoms with E-state index in [4.69, 9.17) is 18.5 Å². The van der Waals surface area contributed by atoms with Gasteiger partial charge in [-0.1, -0.05) is 24.3 Å². The lowest BCUT2D eigenvalue weighted by molar-refractivity contribution is -0.0910. The summed E-state index contributed by atoms with van der Waals surface area (Å²) in [5, 5.41) is 0. The van der Waals surface area contributed by atoms with Crippen molar-refractivity contribution in [3.05, 3.63) is 24.3 Å². The van der Waals surface area contributed by atoms with E-state index in [0.717, 1.165) is 11.1 Å². The van der Waals surface area contributed by atoms with Crippen LogP contribution in [-0.4, -0.2) is 25.8 Å². The van der Waals surface area contributed by atoms with Gasteiger partial charge in [0.1, 0.15) is 0 Å². The van der Waals surface area contributed by atoms with E-state index in [1.54, 1.807) is 13.8 Å². The van der Waals surface area contributed by atoms with Crippen molar-refractivity contribution in [2.75, 3.05) is 13.2 Å². The van der Waals surface area contributed by atoms with Gasteiger partial charge in [0, 0.05) is 0 Å². The van der Waals surface area contributed by atoms with Crippen LogP contribution in [0, 0.1) is 0 Å². The van der Waals surface area contributed by atoms with E-state index in [1.165, 1.54) is 0 Å². The lowest BCUT2D eigenvalue weighted by Crippen LogP contribution is -2.14. The number of hydrogen-bond donors (Lipinski definition) is 0. The van der Waals surface area contributed by atoms with Crippen molar-refractivity contribution in [3.63, 3.8) is 0 Å². The van der Waals surface area contributed by atoms with Crippen molar-refractivity contribution >= 4 is 8.25 Å². The molecule has 18 heavy (non-hydrogen) atoms. The van der Waals surface area contributed by atoms with Crippen LogP contribution in [0.2, 0.25) is 0 Å². The first-order valence-corrected chi connectivity index (χ1v) is 6.93. The Labute approximate surface area is 110 Å². The maximum Gasteiger partial charge on any atom is 0.323 e. The highest BCUT2D eigenvalue weighted by Gasteiger charge is 2.12. The summed E-state index contributed by atoms with van der Waals surface area (Å²) in [6.45, 7) is 15.0. The third kappa shape index (κ3) is 10.7. The molecule has 0 aliphatic heterocycles. The van der Waals surface area contributed by atoms with Crippen molar-refractivity contribution in [2.24, 2.45) is 0 Å². The number of hydrogen-bond acceptors (Lipinski definition) is 5. The lowest BCUT2D eigenvalue weighted by atomic mass is 10.4. The fourth-order valence-electron chi connectivity index (χ4n) is 0.886. The highest BCUT2D eigenvalue weighted by molar-refractivity contribution is 7.33. The Bertz CT molecular complexity index is 275. The molecule has 0 aliphatic carbocycles. The first kappa shape index (κ1) is 17.6. The zero-order valence-electron chi connectivity index (χ0n) is 11.5. The summed E-state index contributed by atoms with van der Waals surface area (Å²) in [6.07, 6.45) is -1.22. The van der Waals surface area contributed by atoms with Crippen LogP contribution in [0.4, 0.5) is 0 Å². The first-order valence-electron chi connectivity index (χ1n) is 5.70. The molecule has 0 saturated carbocycles. The normalized spacial score (nSPS) is 16.0. The van der Waals surface area contributed by atoms with Crippen LogP contribution in [0.1, 0.15) is 27.7 Å². The molecule has 0 spiro atoms. The average Bonchev–Trinajstić information content (AvgIpc) is 2.23. The maximum atomic E-state index is 11.5. The third-order valence-corrected chi connectivity index (χ3v) is 2.70. The predicted octanol–water partition coefficient (Wildman–Crippen LogP) is 3.29. The fraction of sp³-hybridized carbons (Fsp3) is 0.667. The van der Waals surface area contributed by atoms with Gasteiger partial charge >= 0.3 is 8.25 Å². The molecule has 0 fully saturated rings. The van der Waals surface area contributed by atoms with Gasteiger partial charge in [-0.15, -0.1) is 0 Å². The molecule has 6 heteroatoms. The molecule has 5 nitrogen and oxygen atoms in total. The van der Waals surface area contributed by atoms with Gasteiger partial charge in [-0.05, 0) is 27.7 Å². The SMILES string of the molecule is C=C(C)COC(C)O[PH](=O)OC(C)OCC(=C)C. The molecule has 0 saturated heterocycles. The predicted molar refractivity (Wildman–Crippen MR) is 71.6 cm³/mol. The minimum atomic E-state index is -2.64. The van der Waals surface area contributed by atoms with Gasteiger partial charge < -0.3 is 9.47 Å². The highest BCUT2D eigenvalue weighted by Crippen LogP contribution is 2.28. The molecule has 0 bridgehead atoms. The number of rotatable bonds is 10. The van der Waals surface area contributed by atoms with Gasteiger partial charge in [-0.3, -0.25) is 13.6 Å². The standard InChI is InChI=1S/C12H23O5P/c1-9(2)7-14-11(5)16-18(13)17-12(6)15-8-10(3)4/h11-12,18H,1,3,7-8H2,2,4-6H3. The van der Waals surface area contributed by atoms with Crippen LogP contribution in [0.3, 0.4) is 0 Å². The van der Waals surface area contributed by atoms with Gasteiger partial charge in [0.05, 0.1) is 13.2 Å². The monoisotopic (exact) mass is 278 g/mol. The minimum Gasteiger partial charge on any atom is -0.348 e. The molecule has 0 amide bonds. The Balaban J connectivity index is 3.81. The van der Waals surface area contributed by atoms with Crippen LogP contribution in [0.5, 0.6) is 0 Å². The molecule has 2 atom stereocenters. The number of ether oxygens (including phenoxy) is 2. The smallest absolute Gasteiger partial charge is 0.323 e. The van der Waals surface area contributed by atoms with E-state index < -0.39 is 20.8 Å². The Morgan fingerprint density at radius 3 is 1.61 bits per heavy atom. The molecular formula is C12H23O5P. The van der Waals surface area contributed by atoms with E-state index in [-0.39, 0.29) is 0 Å². The van der Waals surface area contributed by atoms with Crippen LogP contribution >= 0.6 is 8.25 Å². The van der Waals surface area contributed by atoms with E-state index in [9.17, 15) is 4.57 Å². The summed E-state index contributed by atoms with van der Waals surface area (Å²) in [5.74, 6) is 0. The molecule has 2 unspecified atom stereocenters.